The molecule has 1 heterocycles. The molecule has 2 aliphatic rings. The predicted octanol–water partition coefficient (Wildman–Crippen LogP) is 6.24. The van der Waals surface area contributed by atoms with E-state index < -0.39 is 0 Å². The first-order chi connectivity index (χ1) is 15.7. The number of methoxy groups -OCH3 is 1. The van der Waals surface area contributed by atoms with Crippen LogP contribution in [0.15, 0.2) is 84.1 Å². The topological polar surface area (TPSA) is 50.4 Å². The third-order valence-electron chi connectivity index (χ3n) is 6.62. The van der Waals surface area contributed by atoms with Crippen LogP contribution >= 0.6 is 0 Å². The quantitative estimate of drug-likeness (QED) is 0.521. The van der Waals surface area contributed by atoms with Crippen LogP contribution in [-0.2, 0) is 11.2 Å². The number of hydrogen-bond acceptors (Lipinski definition) is 4. The number of aryl methyl sites for hydroxylation is 1. The van der Waals surface area contributed by atoms with Crippen LogP contribution in [-0.4, -0.2) is 12.9 Å². The highest BCUT2D eigenvalue weighted by Crippen LogP contribution is 2.44. The number of rotatable bonds is 4. The summed E-state index contributed by atoms with van der Waals surface area (Å²) in [5.41, 5.74) is 7.48. The number of nitrogens with one attached hydrogen (secondary N) is 2. The predicted molar refractivity (Wildman–Crippen MR) is 129 cm³/mol. The molecule has 0 spiro atoms. The van der Waals surface area contributed by atoms with Crippen LogP contribution in [0.3, 0.4) is 0 Å². The Morgan fingerprint density at radius 3 is 2.25 bits per heavy atom. The Morgan fingerprint density at radius 1 is 0.875 bits per heavy atom. The van der Waals surface area contributed by atoms with Crippen LogP contribution < -0.4 is 15.4 Å². The minimum atomic E-state index is -0.170. The number of carbonyl (C=O) groups excluding carboxylic acids is 1. The molecule has 5 rings (SSSR count). The van der Waals surface area contributed by atoms with Crippen molar-refractivity contribution in [2.75, 3.05) is 17.7 Å². The van der Waals surface area contributed by atoms with Crippen molar-refractivity contribution in [2.45, 2.75) is 38.1 Å². The van der Waals surface area contributed by atoms with Gasteiger partial charge in [0.2, 0.25) is 0 Å². The van der Waals surface area contributed by atoms with Gasteiger partial charge in [-0.3, -0.25) is 4.79 Å². The molecule has 0 bridgehead atoms. The molecule has 0 unspecified atom stereocenters. The molecular weight excluding hydrogens is 396 g/mol. The van der Waals surface area contributed by atoms with Crippen molar-refractivity contribution in [1.82, 2.24) is 0 Å². The number of ketones is 1. The van der Waals surface area contributed by atoms with Crippen molar-refractivity contribution < 1.29 is 9.53 Å². The minimum Gasteiger partial charge on any atom is -0.497 e. The molecular formula is C28H28N2O2. The number of benzene rings is 3. The second kappa shape index (κ2) is 8.54. The summed E-state index contributed by atoms with van der Waals surface area (Å²) >= 11 is 0. The zero-order valence-electron chi connectivity index (χ0n) is 18.5. The number of ether oxygens (including phenoxy) is 1. The summed E-state index contributed by atoms with van der Waals surface area (Å²) < 4.78 is 5.30. The van der Waals surface area contributed by atoms with Crippen LogP contribution in [0.4, 0.5) is 11.4 Å². The molecule has 0 amide bonds. The summed E-state index contributed by atoms with van der Waals surface area (Å²) in [6, 6.07) is 24.7. The average molecular weight is 425 g/mol. The van der Waals surface area contributed by atoms with E-state index in [-0.39, 0.29) is 17.7 Å². The van der Waals surface area contributed by atoms with Crippen LogP contribution in [0.1, 0.15) is 48.4 Å². The van der Waals surface area contributed by atoms with Gasteiger partial charge in [0, 0.05) is 17.7 Å². The van der Waals surface area contributed by atoms with Gasteiger partial charge in [-0.05, 0) is 59.7 Å². The summed E-state index contributed by atoms with van der Waals surface area (Å²) in [5, 5.41) is 7.26. The molecule has 3 aromatic rings. The van der Waals surface area contributed by atoms with E-state index in [2.05, 4.69) is 66.1 Å². The molecule has 1 aliphatic heterocycles. The van der Waals surface area contributed by atoms with E-state index in [0.717, 1.165) is 46.8 Å². The second-order valence-electron chi connectivity index (χ2n) is 8.54. The zero-order valence-corrected chi connectivity index (χ0v) is 18.5. The summed E-state index contributed by atoms with van der Waals surface area (Å²) in [4.78, 5) is 13.6. The zero-order chi connectivity index (χ0) is 22.1. The lowest BCUT2D eigenvalue weighted by atomic mass is 9.78. The molecule has 162 valence electrons. The molecule has 4 heteroatoms. The Bertz CT molecular complexity index is 1160. The SMILES string of the molecule is CCc1ccc([C@H]2Nc3ccccc3NC3=C2C(=O)C[C@H](c2ccc(OC)cc2)C3)cc1. The Labute approximate surface area is 189 Å². The average Bonchev–Trinajstić information content (AvgIpc) is 3.01. The molecule has 0 fully saturated rings. The van der Waals surface area contributed by atoms with Crippen molar-refractivity contribution in [3.05, 3.63) is 101 Å². The van der Waals surface area contributed by atoms with E-state index in [1.165, 1.54) is 11.1 Å². The Kier molecular flexibility index (Phi) is 5.44. The van der Waals surface area contributed by atoms with E-state index >= 15 is 0 Å². The van der Waals surface area contributed by atoms with Crippen molar-refractivity contribution in [1.29, 1.82) is 0 Å². The number of Topliss-reactive ketones (excluding diaryl/α,β-unsaturated/α-hetero) is 1. The maximum Gasteiger partial charge on any atom is 0.163 e. The smallest absolute Gasteiger partial charge is 0.163 e. The number of allylic oxidation sites excluding steroid dienone is 1. The molecule has 2 atom stereocenters. The first-order valence-electron chi connectivity index (χ1n) is 11.3. The lowest BCUT2D eigenvalue weighted by molar-refractivity contribution is -0.116. The van der Waals surface area contributed by atoms with Gasteiger partial charge >= 0.3 is 0 Å². The van der Waals surface area contributed by atoms with E-state index in [0.29, 0.717) is 6.42 Å². The fraction of sp³-hybridized carbons (Fsp3) is 0.250. The van der Waals surface area contributed by atoms with Gasteiger partial charge in [0.1, 0.15) is 5.75 Å². The molecule has 2 N–H and O–H groups in total. The maximum atomic E-state index is 13.6. The van der Waals surface area contributed by atoms with Gasteiger partial charge in [0.05, 0.1) is 24.5 Å². The van der Waals surface area contributed by atoms with Crippen LogP contribution in [0, 0.1) is 0 Å². The van der Waals surface area contributed by atoms with Crippen molar-refractivity contribution in [3.8, 4) is 5.75 Å². The van der Waals surface area contributed by atoms with Gasteiger partial charge in [-0.1, -0.05) is 55.5 Å². The third kappa shape index (κ3) is 3.77. The Hall–Kier alpha value is -3.53. The number of hydrogen-bond donors (Lipinski definition) is 2. The fourth-order valence-corrected chi connectivity index (χ4v) is 4.80. The standard InChI is InChI=1S/C28H28N2O2/c1-3-18-8-10-20(11-9-18)28-27-25(29-23-6-4-5-7-24(23)30-28)16-21(17-26(27)31)19-12-14-22(32-2)15-13-19/h4-15,21,28-30H,3,16-17H2,1-2H3/t21-,28-/m1/s1. The number of para-hydroxylation sites is 2. The van der Waals surface area contributed by atoms with Crippen molar-refractivity contribution in [2.24, 2.45) is 0 Å². The summed E-state index contributed by atoms with van der Waals surface area (Å²) in [6.07, 6.45) is 2.31. The summed E-state index contributed by atoms with van der Waals surface area (Å²) in [6.45, 7) is 2.16. The van der Waals surface area contributed by atoms with Gasteiger partial charge < -0.3 is 15.4 Å². The fourth-order valence-electron chi connectivity index (χ4n) is 4.80. The van der Waals surface area contributed by atoms with E-state index in [1.807, 2.05) is 24.3 Å². The number of fused-ring (bicyclic) bond motifs is 1. The van der Waals surface area contributed by atoms with Gasteiger partial charge in [-0.2, -0.15) is 0 Å². The summed E-state index contributed by atoms with van der Waals surface area (Å²) in [7, 11) is 1.67. The van der Waals surface area contributed by atoms with E-state index in [9.17, 15) is 4.79 Å². The van der Waals surface area contributed by atoms with E-state index in [1.54, 1.807) is 7.11 Å². The lowest BCUT2D eigenvalue weighted by Crippen LogP contribution is -2.26. The molecule has 4 nitrogen and oxygen atoms in total. The van der Waals surface area contributed by atoms with Crippen LogP contribution in [0.25, 0.3) is 0 Å². The number of carbonyl (C=O) groups is 1. The third-order valence-corrected chi connectivity index (χ3v) is 6.62. The largest absolute Gasteiger partial charge is 0.497 e. The Balaban J connectivity index is 1.56. The molecule has 0 aromatic heterocycles. The van der Waals surface area contributed by atoms with Gasteiger partial charge in [-0.15, -0.1) is 0 Å². The molecule has 1 aliphatic carbocycles. The molecule has 0 saturated carbocycles. The van der Waals surface area contributed by atoms with Gasteiger partial charge in [0.25, 0.3) is 0 Å². The van der Waals surface area contributed by atoms with Crippen molar-refractivity contribution in [3.63, 3.8) is 0 Å². The molecule has 0 radical (unpaired) electrons. The first-order valence-corrected chi connectivity index (χ1v) is 11.3. The highest BCUT2D eigenvalue weighted by molar-refractivity contribution is 6.01. The Morgan fingerprint density at radius 2 is 1.56 bits per heavy atom. The second-order valence-corrected chi connectivity index (χ2v) is 8.54. The highest BCUT2D eigenvalue weighted by Gasteiger charge is 2.36. The van der Waals surface area contributed by atoms with Crippen molar-refractivity contribution >= 4 is 17.2 Å². The van der Waals surface area contributed by atoms with E-state index in [4.69, 9.17) is 4.74 Å². The monoisotopic (exact) mass is 424 g/mol. The molecule has 3 aromatic carbocycles. The molecule has 32 heavy (non-hydrogen) atoms. The normalized spacial score (nSPS) is 19.9. The maximum absolute atomic E-state index is 13.6. The van der Waals surface area contributed by atoms with Crippen LogP contribution in [0.5, 0.6) is 5.75 Å². The van der Waals surface area contributed by atoms with Gasteiger partial charge in [-0.25, -0.2) is 0 Å². The minimum absolute atomic E-state index is 0.146. The number of anilines is 2. The van der Waals surface area contributed by atoms with Crippen LogP contribution in [0.2, 0.25) is 0 Å². The first kappa shape index (κ1) is 20.4. The lowest BCUT2D eigenvalue weighted by Gasteiger charge is -2.30. The molecule has 0 saturated heterocycles. The highest BCUT2D eigenvalue weighted by atomic mass is 16.5. The van der Waals surface area contributed by atoms with Gasteiger partial charge in [0.15, 0.2) is 5.78 Å². The summed E-state index contributed by atoms with van der Waals surface area (Å²) in [5.74, 6) is 1.18.